The topological polar surface area (TPSA) is 51.0 Å². The Kier molecular flexibility index (Phi) is 3.52. The van der Waals surface area contributed by atoms with Crippen molar-refractivity contribution in [2.24, 2.45) is 0 Å². The normalized spacial score (nSPS) is 14.7. The maximum atomic E-state index is 12.4. The van der Waals surface area contributed by atoms with E-state index >= 15 is 0 Å². The molecule has 0 N–H and O–H groups in total. The second-order valence-electron chi connectivity index (χ2n) is 5.11. The molecule has 1 aliphatic rings. The molecule has 0 radical (unpaired) electrons. The number of amides is 1. The molecule has 1 amide bonds. The van der Waals surface area contributed by atoms with Crippen molar-refractivity contribution < 1.29 is 4.79 Å². The van der Waals surface area contributed by atoms with Crippen LogP contribution in [0.4, 0.5) is 0 Å². The number of hydrogen-bond acceptors (Lipinski definition) is 4. The molecule has 106 valence electrons. The molecule has 0 aliphatic carbocycles. The third-order valence-electron chi connectivity index (χ3n) is 3.37. The highest BCUT2D eigenvalue weighted by Crippen LogP contribution is 2.25. The molecule has 0 atom stereocenters. The molecule has 2 aromatic heterocycles. The largest absolute Gasteiger partial charge is 0.329 e. The van der Waals surface area contributed by atoms with Gasteiger partial charge in [0, 0.05) is 19.0 Å². The quantitative estimate of drug-likeness (QED) is 0.857. The maximum Gasteiger partial charge on any atom is 0.264 e. The Balaban J connectivity index is 1.81. The first-order valence-electron chi connectivity index (χ1n) is 6.53. The highest BCUT2D eigenvalue weighted by molar-refractivity contribution is 7.17. The van der Waals surface area contributed by atoms with Crippen LogP contribution in [0.25, 0.3) is 0 Å². The number of aromatic nitrogens is 3. The van der Waals surface area contributed by atoms with Crippen molar-refractivity contribution in [3.05, 3.63) is 33.0 Å². The van der Waals surface area contributed by atoms with Crippen molar-refractivity contribution in [2.45, 2.75) is 32.9 Å². The van der Waals surface area contributed by atoms with Crippen LogP contribution >= 0.6 is 22.9 Å². The maximum absolute atomic E-state index is 12.4. The fraction of sp³-hybridized carbons (Fsp3) is 0.462. The number of fused-ring (bicyclic) bond motifs is 1. The molecular formula is C13H15ClN4OS. The van der Waals surface area contributed by atoms with Crippen molar-refractivity contribution in [3.8, 4) is 0 Å². The third kappa shape index (κ3) is 2.33. The number of rotatable bonds is 2. The Morgan fingerprint density at radius 1 is 1.35 bits per heavy atom. The van der Waals surface area contributed by atoms with Crippen LogP contribution in [0.3, 0.4) is 0 Å². The van der Waals surface area contributed by atoms with E-state index in [0.29, 0.717) is 28.2 Å². The van der Waals surface area contributed by atoms with Crippen molar-refractivity contribution in [2.75, 3.05) is 6.54 Å². The van der Waals surface area contributed by atoms with Gasteiger partial charge in [-0.15, -0.1) is 21.5 Å². The summed E-state index contributed by atoms with van der Waals surface area (Å²) in [5.41, 5.74) is 0. The molecule has 3 heterocycles. The number of nitrogens with zero attached hydrogens (tertiary/aromatic N) is 4. The molecule has 20 heavy (non-hydrogen) atoms. The van der Waals surface area contributed by atoms with Crippen LogP contribution < -0.4 is 0 Å². The van der Waals surface area contributed by atoms with Gasteiger partial charge in [-0.3, -0.25) is 4.79 Å². The van der Waals surface area contributed by atoms with E-state index in [-0.39, 0.29) is 5.91 Å². The lowest BCUT2D eigenvalue weighted by molar-refractivity contribution is 0.0711. The zero-order valence-electron chi connectivity index (χ0n) is 11.3. The Morgan fingerprint density at radius 3 is 2.80 bits per heavy atom. The summed E-state index contributed by atoms with van der Waals surface area (Å²) in [5.74, 6) is 2.21. The molecule has 2 aromatic rings. The molecule has 0 saturated carbocycles. The first-order valence-corrected chi connectivity index (χ1v) is 7.72. The van der Waals surface area contributed by atoms with E-state index in [1.165, 1.54) is 11.3 Å². The van der Waals surface area contributed by atoms with Crippen LogP contribution in [0, 0.1) is 0 Å². The van der Waals surface area contributed by atoms with Gasteiger partial charge in [-0.2, -0.15) is 0 Å². The fourth-order valence-electron chi connectivity index (χ4n) is 2.37. The summed E-state index contributed by atoms with van der Waals surface area (Å²) in [6.07, 6.45) is 0. The van der Waals surface area contributed by atoms with Gasteiger partial charge in [-0.25, -0.2) is 0 Å². The minimum absolute atomic E-state index is 0.0160. The zero-order chi connectivity index (χ0) is 14.3. The molecule has 1 aliphatic heterocycles. The summed E-state index contributed by atoms with van der Waals surface area (Å²) >= 11 is 7.20. The highest BCUT2D eigenvalue weighted by atomic mass is 35.5. The summed E-state index contributed by atoms with van der Waals surface area (Å²) in [4.78, 5) is 14.9. The average Bonchev–Trinajstić information content (AvgIpc) is 3.03. The van der Waals surface area contributed by atoms with E-state index in [2.05, 4.69) is 28.6 Å². The predicted octanol–water partition coefficient (Wildman–Crippen LogP) is 2.77. The Hall–Kier alpha value is -1.40. The predicted molar refractivity (Wildman–Crippen MR) is 78.2 cm³/mol. The van der Waals surface area contributed by atoms with Crippen LogP contribution in [0.2, 0.25) is 4.34 Å². The summed E-state index contributed by atoms with van der Waals surface area (Å²) < 4.78 is 2.76. The van der Waals surface area contributed by atoms with Gasteiger partial charge in [0.15, 0.2) is 5.82 Å². The van der Waals surface area contributed by atoms with E-state index in [0.717, 1.165) is 18.2 Å². The van der Waals surface area contributed by atoms with Gasteiger partial charge in [-0.1, -0.05) is 25.4 Å². The molecule has 5 nitrogen and oxygen atoms in total. The molecule has 0 saturated heterocycles. The molecule has 3 rings (SSSR count). The lowest BCUT2D eigenvalue weighted by Gasteiger charge is -2.27. The monoisotopic (exact) mass is 310 g/mol. The van der Waals surface area contributed by atoms with Crippen molar-refractivity contribution in [3.63, 3.8) is 0 Å². The smallest absolute Gasteiger partial charge is 0.264 e. The van der Waals surface area contributed by atoms with E-state index in [1.54, 1.807) is 17.0 Å². The van der Waals surface area contributed by atoms with E-state index in [9.17, 15) is 4.79 Å². The number of carbonyl (C=O) groups is 1. The first-order chi connectivity index (χ1) is 9.56. The third-order valence-corrected chi connectivity index (χ3v) is 4.59. The lowest BCUT2D eigenvalue weighted by Crippen LogP contribution is -2.38. The number of hydrogen-bond donors (Lipinski definition) is 0. The van der Waals surface area contributed by atoms with Crippen LogP contribution in [-0.4, -0.2) is 32.1 Å². The van der Waals surface area contributed by atoms with Crippen LogP contribution in [0.1, 0.15) is 41.1 Å². The molecular weight excluding hydrogens is 296 g/mol. The Bertz CT molecular complexity index is 649. The van der Waals surface area contributed by atoms with Gasteiger partial charge >= 0.3 is 0 Å². The van der Waals surface area contributed by atoms with Gasteiger partial charge in [0.1, 0.15) is 5.82 Å². The molecule has 0 aromatic carbocycles. The Morgan fingerprint density at radius 2 is 2.15 bits per heavy atom. The van der Waals surface area contributed by atoms with Gasteiger partial charge in [-0.05, 0) is 12.1 Å². The van der Waals surface area contributed by atoms with Gasteiger partial charge in [0.2, 0.25) is 0 Å². The second kappa shape index (κ2) is 5.18. The molecule has 0 fully saturated rings. The SMILES string of the molecule is CC(C)c1nnc2n1CCN(C(=O)c1ccc(Cl)s1)C2. The van der Waals surface area contributed by atoms with Crippen LogP contribution in [0.5, 0.6) is 0 Å². The average molecular weight is 311 g/mol. The van der Waals surface area contributed by atoms with Crippen molar-refractivity contribution in [1.29, 1.82) is 0 Å². The summed E-state index contributed by atoms with van der Waals surface area (Å²) in [6.45, 7) is 6.14. The summed E-state index contributed by atoms with van der Waals surface area (Å²) in [6, 6.07) is 3.52. The number of thiophene rings is 1. The minimum atomic E-state index is 0.0160. The fourth-order valence-corrected chi connectivity index (χ4v) is 3.38. The van der Waals surface area contributed by atoms with Gasteiger partial charge in [0.05, 0.1) is 15.8 Å². The second-order valence-corrected chi connectivity index (χ2v) is 6.83. The van der Waals surface area contributed by atoms with Crippen LogP contribution in [-0.2, 0) is 13.1 Å². The summed E-state index contributed by atoms with van der Waals surface area (Å²) in [5, 5.41) is 8.43. The van der Waals surface area contributed by atoms with Gasteiger partial charge < -0.3 is 9.47 Å². The summed E-state index contributed by atoms with van der Waals surface area (Å²) in [7, 11) is 0. The van der Waals surface area contributed by atoms with E-state index in [1.807, 2.05) is 0 Å². The molecule has 0 spiro atoms. The minimum Gasteiger partial charge on any atom is -0.329 e. The van der Waals surface area contributed by atoms with Crippen LogP contribution in [0.15, 0.2) is 12.1 Å². The lowest BCUT2D eigenvalue weighted by atomic mass is 10.2. The zero-order valence-corrected chi connectivity index (χ0v) is 12.9. The van der Waals surface area contributed by atoms with Gasteiger partial charge in [0.25, 0.3) is 5.91 Å². The molecule has 0 unspecified atom stereocenters. The molecule has 7 heteroatoms. The Labute approximate surface area is 126 Å². The molecule has 0 bridgehead atoms. The van der Waals surface area contributed by atoms with E-state index in [4.69, 9.17) is 11.6 Å². The van der Waals surface area contributed by atoms with E-state index < -0.39 is 0 Å². The number of carbonyl (C=O) groups excluding carboxylic acids is 1. The van der Waals surface area contributed by atoms with Crippen molar-refractivity contribution in [1.82, 2.24) is 19.7 Å². The van der Waals surface area contributed by atoms with Crippen molar-refractivity contribution >= 4 is 28.8 Å². The number of halogens is 1. The standard InChI is InChI=1S/C13H15ClN4OS/c1-8(2)12-16-15-11-7-17(5-6-18(11)12)13(19)9-3-4-10(14)20-9/h3-4,8H,5-7H2,1-2H3. The highest BCUT2D eigenvalue weighted by Gasteiger charge is 2.26. The first kappa shape index (κ1) is 13.6.